The zero-order valence-corrected chi connectivity index (χ0v) is 16.2. The number of ether oxygens (including phenoxy) is 1. The number of carbonyl (C=O) groups excluding carboxylic acids is 2. The van der Waals surface area contributed by atoms with Crippen molar-refractivity contribution in [3.8, 4) is 0 Å². The highest BCUT2D eigenvalue weighted by Crippen LogP contribution is 2.20. The number of hydrogen-bond acceptors (Lipinski definition) is 5. The highest BCUT2D eigenvalue weighted by atomic mass is 35.5. The molecular formula is C17H26ClN3O3S. The number of rotatable bonds is 10. The Bertz CT molecular complexity index is 572. The van der Waals surface area contributed by atoms with Crippen LogP contribution in [-0.4, -0.2) is 36.3 Å². The number of aryl methyl sites for hydroxylation is 1. The first-order valence-electron chi connectivity index (χ1n) is 8.26. The first kappa shape index (κ1) is 21.4. The van der Waals surface area contributed by atoms with Crippen molar-refractivity contribution in [3.63, 3.8) is 0 Å². The van der Waals surface area contributed by atoms with Crippen LogP contribution in [0.2, 0.25) is 5.02 Å². The van der Waals surface area contributed by atoms with Crippen LogP contribution in [0.25, 0.3) is 0 Å². The third-order valence-corrected chi connectivity index (χ3v) is 4.59. The van der Waals surface area contributed by atoms with E-state index in [0.717, 1.165) is 30.6 Å². The normalized spacial score (nSPS) is 11.6. The minimum atomic E-state index is -0.638. The summed E-state index contributed by atoms with van der Waals surface area (Å²) >= 11 is 7.69. The Morgan fingerprint density at radius 2 is 2.16 bits per heavy atom. The second kappa shape index (κ2) is 11.9. The first-order valence-corrected chi connectivity index (χ1v) is 9.80. The highest BCUT2D eigenvalue weighted by molar-refractivity contribution is 7.99. The molecule has 0 saturated heterocycles. The van der Waals surface area contributed by atoms with E-state index in [-0.39, 0.29) is 5.91 Å². The van der Waals surface area contributed by atoms with Gasteiger partial charge >= 0.3 is 6.09 Å². The predicted octanol–water partition coefficient (Wildman–Crippen LogP) is 3.19. The molecule has 8 heteroatoms. The topological polar surface area (TPSA) is 93.4 Å². The van der Waals surface area contributed by atoms with Gasteiger partial charge < -0.3 is 21.1 Å². The van der Waals surface area contributed by atoms with E-state index in [1.165, 1.54) is 0 Å². The van der Waals surface area contributed by atoms with Gasteiger partial charge in [0.2, 0.25) is 5.91 Å². The molecule has 0 unspecified atom stereocenters. The average Bonchev–Trinajstić information content (AvgIpc) is 2.56. The smallest absolute Gasteiger partial charge is 0.407 e. The molecule has 1 rings (SSSR count). The van der Waals surface area contributed by atoms with E-state index in [2.05, 4.69) is 10.6 Å². The summed E-state index contributed by atoms with van der Waals surface area (Å²) < 4.78 is 4.96. The molecule has 0 aliphatic heterocycles. The summed E-state index contributed by atoms with van der Waals surface area (Å²) in [5.41, 5.74) is 7.33. The van der Waals surface area contributed by atoms with Crippen LogP contribution in [0.3, 0.4) is 0 Å². The maximum atomic E-state index is 11.9. The van der Waals surface area contributed by atoms with Crippen LogP contribution in [0.1, 0.15) is 32.3 Å². The van der Waals surface area contributed by atoms with Crippen molar-refractivity contribution >= 4 is 41.1 Å². The number of thioether (sulfide) groups is 1. The Hall–Kier alpha value is -1.60. The lowest BCUT2D eigenvalue weighted by Gasteiger charge is -2.14. The Morgan fingerprint density at radius 1 is 1.40 bits per heavy atom. The number of hydrogen-bond donors (Lipinski definition) is 3. The first-order chi connectivity index (χ1) is 11.9. The number of anilines is 1. The summed E-state index contributed by atoms with van der Waals surface area (Å²) in [4.78, 5) is 23.4. The van der Waals surface area contributed by atoms with Gasteiger partial charge in [0.15, 0.2) is 0 Å². The molecule has 1 aromatic rings. The second-order valence-electron chi connectivity index (χ2n) is 5.55. The highest BCUT2D eigenvalue weighted by Gasteiger charge is 2.15. The van der Waals surface area contributed by atoms with Crippen LogP contribution in [0.4, 0.5) is 10.5 Å². The largest absolute Gasteiger partial charge is 0.450 e. The predicted molar refractivity (Wildman–Crippen MR) is 104 cm³/mol. The summed E-state index contributed by atoms with van der Waals surface area (Å²) in [6, 6.07) is 4.82. The minimum absolute atomic E-state index is 0.245. The molecule has 0 spiro atoms. The van der Waals surface area contributed by atoms with Crippen LogP contribution in [0, 0.1) is 0 Å². The monoisotopic (exact) mass is 387 g/mol. The molecule has 4 N–H and O–H groups in total. The number of nitrogens with one attached hydrogen (secondary N) is 2. The van der Waals surface area contributed by atoms with Gasteiger partial charge in [-0.05, 0) is 43.2 Å². The van der Waals surface area contributed by atoms with E-state index in [1.54, 1.807) is 24.8 Å². The van der Waals surface area contributed by atoms with Crippen molar-refractivity contribution in [2.24, 2.45) is 0 Å². The fraction of sp³-hybridized carbons (Fsp3) is 0.529. The number of unbranched alkanes of at least 4 members (excludes halogenated alkanes) is 1. The molecule has 0 radical (unpaired) electrons. The molecule has 1 atom stereocenters. The van der Waals surface area contributed by atoms with Gasteiger partial charge in [-0.2, -0.15) is 0 Å². The van der Waals surface area contributed by atoms with E-state index >= 15 is 0 Å². The number of amides is 2. The lowest BCUT2D eigenvalue weighted by atomic mass is 10.1. The number of nitrogens with two attached hydrogens (primary N) is 1. The standard InChI is InChI=1S/C17H26ClN3O3S/c1-3-4-8-24-17(23)21-12(2)16(22)20-11-25-9-7-13-5-6-14(19)10-15(13)18/h5-6,10,12H,3-4,7-9,11,19H2,1-2H3,(H,20,22)(H,21,23)/t12-/m0/s1. The number of carbonyl (C=O) groups is 2. The summed E-state index contributed by atoms with van der Waals surface area (Å²) in [6.07, 6.45) is 1.98. The number of halogens is 1. The molecule has 0 bridgehead atoms. The van der Waals surface area contributed by atoms with Crippen LogP contribution >= 0.6 is 23.4 Å². The zero-order chi connectivity index (χ0) is 18.7. The molecule has 2 amide bonds. The van der Waals surface area contributed by atoms with Crippen molar-refractivity contribution in [2.45, 2.75) is 39.2 Å². The van der Waals surface area contributed by atoms with E-state index in [4.69, 9.17) is 22.1 Å². The van der Waals surface area contributed by atoms with Crippen molar-refractivity contribution < 1.29 is 14.3 Å². The van der Waals surface area contributed by atoms with Gasteiger partial charge in [-0.1, -0.05) is 31.0 Å². The molecule has 0 fully saturated rings. The minimum Gasteiger partial charge on any atom is -0.450 e. The Morgan fingerprint density at radius 3 is 2.84 bits per heavy atom. The average molecular weight is 388 g/mol. The van der Waals surface area contributed by atoms with Crippen LogP contribution in [0.5, 0.6) is 0 Å². The van der Waals surface area contributed by atoms with E-state index in [0.29, 0.717) is 23.2 Å². The zero-order valence-electron chi connectivity index (χ0n) is 14.6. The second-order valence-corrected chi connectivity index (χ2v) is 7.06. The summed E-state index contributed by atoms with van der Waals surface area (Å²) in [7, 11) is 0. The lowest BCUT2D eigenvalue weighted by Crippen LogP contribution is -2.45. The van der Waals surface area contributed by atoms with Crippen molar-refractivity contribution in [2.75, 3.05) is 24.0 Å². The number of benzene rings is 1. The molecule has 0 saturated carbocycles. The van der Waals surface area contributed by atoms with Gasteiger partial charge in [0.05, 0.1) is 12.5 Å². The Labute approximate surface area is 158 Å². The third-order valence-electron chi connectivity index (χ3n) is 3.40. The molecule has 0 aromatic heterocycles. The molecule has 140 valence electrons. The molecule has 25 heavy (non-hydrogen) atoms. The van der Waals surface area contributed by atoms with Crippen molar-refractivity contribution in [1.82, 2.24) is 10.6 Å². The Balaban J connectivity index is 2.18. The number of nitrogen functional groups attached to an aromatic ring is 1. The van der Waals surface area contributed by atoms with Crippen LogP contribution in [0.15, 0.2) is 18.2 Å². The molecule has 1 aromatic carbocycles. The molecular weight excluding hydrogens is 362 g/mol. The van der Waals surface area contributed by atoms with Gasteiger partial charge in [0, 0.05) is 10.7 Å². The van der Waals surface area contributed by atoms with E-state index in [9.17, 15) is 9.59 Å². The SMILES string of the molecule is CCCCOC(=O)N[C@@H](C)C(=O)NCSCCc1ccc(N)cc1Cl. The van der Waals surface area contributed by atoms with Gasteiger partial charge in [0.25, 0.3) is 0 Å². The lowest BCUT2D eigenvalue weighted by molar-refractivity contribution is -0.122. The summed E-state index contributed by atoms with van der Waals surface area (Å²) in [5, 5.41) is 5.93. The maximum Gasteiger partial charge on any atom is 0.407 e. The molecule has 0 heterocycles. The van der Waals surface area contributed by atoms with Crippen molar-refractivity contribution in [1.29, 1.82) is 0 Å². The summed E-state index contributed by atoms with van der Waals surface area (Å²) in [5.74, 6) is 1.03. The molecule has 0 aliphatic rings. The van der Waals surface area contributed by atoms with Gasteiger partial charge in [0.1, 0.15) is 6.04 Å². The van der Waals surface area contributed by atoms with Gasteiger partial charge in [-0.25, -0.2) is 4.79 Å². The maximum absolute atomic E-state index is 11.9. The van der Waals surface area contributed by atoms with Crippen molar-refractivity contribution in [3.05, 3.63) is 28.8 Å². The fourth-order valence-electron chi connectivity index (χ4n) is 1.89. The number of alkyl carbamates (subject to hydrolysis) is 1. The van der Waals surface area contributed by atoms with Crippen LogP contribution < -0.4 is 16.4 Å². The quantitative estimate of drug-likeness (QED) is 0.325. The third kappa shape index (κ3) is 8.88. The molecule has 0 aliphatic carbocycles. The van der Waals surface area contributed by atoms with E-state index < -0.39 is 12.1 Å². The molecule has 6 nitrogen and oxygen atoms in total. The Kier molecular flexibility index (Phi) is 10.2. The van der Waals surface area contributed by atoms with E-state index in [1.807, 2.05) is 19.1 Å². The van der Waals surface area contributed by atoms with Gasteiger partial charge in [-0.3, -0.25) is 4.79 Å². The summed E-state index contributed by atoms with van der Waals surface area (Å²) in [6.45, 7) is 3.99. The fourth-order valence-corrected chi connectivity index (χ4v) is 2.93. The van der Waals surface area contributed by atoms with Gasteiger partial charge in [-0.15, -0.1) is 11.8 Å². The van der Waals surface area contributed by atoms with Crippen LogP contribution in [-0.2, 0) is 16.0 Å².